The van der Waals surface area contributed by atoms with Crippen LogP contribution in [0.2, 0.25) is 0 Å². The third kappa shape index (κ3) is 3.53. The van der Waals surface area contributed by atoms with Gasteiger partial charge < -0.3 is 4.74 Å². The number of nitrogens with one attached hydrogen (secondary N) is 1. The van der Waals surface area contributed by atoms with Gasteiger partial charge in [0.1, 0.15) is 0 Å². The van der Waals surface area contributed by atoms with Crippen LogP contribution in [0.3, 0.4) is 0 Å². The van der Waals surface area contributed by atoms with Gasteiger partial charge in [-0.15, -0.1) is 11.3 Å². The lowest BCUT2D eigenvalue weighted by Gasteiger charge is -2.33. The molecule has 0 amide bonds. The van der Waals surface area contributed by atoms with Crippen LogP contribution in [0.4, 0.5) is 0 Å². The Kier molecular flexibility index (Phi) is 5.40. The van der Waals surface area contributed by atoms with Crippen LogP contribution < -0.4 is 11.3 Å². The summed E-state index contributed by atoms with van der Waals surface area (Å²) in [6, 6.07) is 2.16. The first-order valence-corrected chi connectivity index (χ1v) is 7.00. The molecule has 0 fully saturated rings. The van der Waals surface area contributed by atoms with Crippen LogP contribution in [-0.4, -0.2) is 18.2 Å². The van der Waals surface area contributed by atoms with Crippen molar-refractivity contribution >= 4 is 27.3 Å². The minimum absolute atomic E-state index is 0.0994. The quantitative estimate of drug-likeness (QED) is 0.627. The fourth-order valence-corrected chi connectivity index (χ4v) is 3.20. The van der Waals surface area contributed by atoms with Crippen molar-refractivity contribution in [1.82, 2.24) is 5.43 Å². The van der Waals surface area contributed by atoms with E-state index < -0.39 is 0 Å². The predicted octanol–water partition coefficient (Wildman–Crippen LogP) is 2.70. The molecule has 1 unspecified atom stereocenters. The second-order valence-electron chi connectivity index (χ2n) is 4.15. The second-order valence-corrected chi connectivity index (χ2v) is 6.01. The molecule has 0 aliphatic heterocycles. The fraction of sp³-hybridized carbons (Fsp3) is 0.636. The Balaban J connectivity index is 2.72. The Morgan fingerprint density at radius 3 is 2.75 bits per heavy atom. The zero-order valence-electron chi connectivity index (χ0n) is 9.92. The number of nitrogens with two attached hydrogens (primary N) is 1. The van der Waals surface area contributed by atoms with Gasteiger partial charge in [-0.2, -0.15) is 0 Å². The van der Waals surface area contributed by atoms with Crippen molar-refractivity contribution in [3.63, 3.8) is 0 Å². The second kappa shape index (κ2) is 6.12. The number of thiophene rings is 1. The molecule has 0 saturated carbocycles. The molecule has 0 aliphatic carbocycles. The van der Waals surface area contributed by atoms with E-state index in [-0.39, 0.29) is 11.6 Å². The molecule has 1 heterocycles. The van der Waals surface area contributed by atoms with Crippen molar-refractivity contribution in [3.05, 3.63) is 20.8 Å². The first-order valence-electron chi connectivity index (χ1n) is 5.33. The highest BCUT2D eigenvalue weighted by Gasteiger charge is 2.30. The summed E-state index contributed by atoms with van der Waals surface area (Å²) in [5.41, 5.74) is 2.58. The topological polar surface area (TPSA) is 47.3 Å². The highest BCUT2D eigenvalue weighted by molar-refractivity contribution is 9.10. The number of hydrazine groups is 1. The molecule has 3 N–H and O–H groups in total. The van der Waals surface area contributed by atoms with Crippen molar-refractivity contribution in [2.24, 2.45) is 5.84 Å². The summed E-state index contributed by atoms with van der Waals surface area (Å²) in [6.07, 6.45) is 0.863. The summed E-state index contributed by atoms with van der Waals surface area (Å²) in [7, 11) is 0. The monoisotopic (exact) mass is 306 g/mol. The fourth-order valence-electron chi connectivity index (χ4n) is 1.63. The molecule has 0 saturated heterocycles. The number of hydrogen-bond acceptors (Lipinski definition) is 4. The van der Waals surface area contributed by atoms with Crippen molar-refractivity contribution in [1.29, 1.82) is 0 Å². The van der Waals surface area contributed by atoms with Gasteiger partial charge in [0.2, 0.25) is 0 Å². The molecular weight excluding hydrogens is 288 g/mol. The molecule has 1 aromatic heterocycles. The molecule has 1 aromatic rings. The lowest BCUT2D eigenvalue weighted by Crippen LogP contribution is -2.52. The van der Waals surface area contributed by atoms with Crippen LogP contribution in [-0.2, 0) is 11.2 Å². The third-order valence-corrected chi connectivity index (χ3v) is 4.59. The van der Waals surface area contributed by atoms with Crippen LogP contribution in [0.5, 0.6) is 0 Å². The Bertz CT molecular complexity index is 328. The number of halogens is 1. The molecule has 1 atom stereocenters. The summed E-state index contributed by atoms with van der Waals surface area (Å²) in [5.74, 6) is 5.62. The summed E-state index contributed by atoms with van der Waals surface area (Å²) in [5, 5.41) is 2.07. The molecule has 0 spiro atoms. The number of rotatable bonds is 6. The van der Waals surface area contributed by atoms with Crippen molar-refractivity contribution in [3.8, 4) is 0 Å². The van der Waals surface area contributed by atoms with Crippen molar-refractivity contribution < 1.29 is 4.74 Å². The van der Waals surface area contributed by atoms with Crippen LogP contribution in [0.1, 0.15) is 25.6 Å². The molecule has 1 rings (SSSR count). The standard InChI is InChI=1S/C11H19BrN2OS/c1-4-15-11(2,3)10(14-13)7-9-8(12)5-6-16-9/h5-6,10,14H,4,7,13H2,1-3H3. The van der Waals surface area contributed by atoms with E-state index in [1.165, 1.54) is 4.88 Å². The molecule has 5 heteroatoms. The summed E-state index contributed by atoms with van der Waals surface area (Å²) >= 11 is 5.26. The Labute approximate surface area is 109 Å². The van der Waals surface area contributed by atoms with E-state index in [0.29, 0.717) is 6.61 Å². The van der Waals surface area contributed by atoms with Gasteiger partial charge in [0.15, 0.2) is 0 Å². The SMILES string of the molecule is CCOC(C)(C)C(Cc1sccc1Br)NN. The van der Waals surface area contributed by atoms with Gasteiger partial charge in [-0.25, -0.2) is 0 Å². The maximum Gasteiger partial charge on any atom is 0.0795 e. The van der Waals surface area contributed by atoms with Crippen LogP contribution in [0.15, 0.2) is 15.9 Å². The molecule has 0 bridgehead atoms. The molecule has 0 aliphatic rings. The van der Waals surface area contributed by atoms with Crippen LogP contribution in [0.25, 0.3) is 0 Å². The molecule has 0 aromatic carbocycles. The van der Waals surface area contributed by atoms with Gasteiger partial charge in [0, 0.05) is 22.4 Å². The maximum atomic E-state index is 5.72. The zero-order valence-corrected chi connectivity index (χ0v) is 12.3. The van der Waals surface area contributed by atoms with E-state index in [1.807, 2.05) is 6.92 Å². The van der Waals surface area contributed by atoms with Crippen molar-refractivity contribution in [2.75, 3.05) is 6.61 Å². The van der Waals surface area contributed by atoms with Gasteiger partial charge >= 0.3 is 0 Å². The molecule has 3 nitrogen and oxygen atoms in total. The highest BCUT2D eigenvalue weighted by Crippen LogP contribution is 2.27. The maximum absolute atomic E-state index is 5.72. The number of ether oxygens (including phenoxy) is 1. The molecule has 92 valence electrons. The Morgan fingerprint density at radius 2 is 2.31 bits per heavy atom. The average Bonchev–Trinajstić information content (AvgIpc) is 2.60. The predicted molar refractivity (Wildman–Crippen MR) is 72.5 cm³/mol. The van der Waals surface area contributed by atoms with Crippen molar-refractivity contribution in [2.45, 2.75) is 38.8 Å². The summed E-state index contributed by atoms with van der Waals surface area (Å²) in [6.45, 7) is 6.80. The van der Waals surface area contributed by atoms with Gasteiger partial charge in [-0.1, -0.05) is 0 Å². The van der Waals surface area contributed by atoms with E-state index in [1.54, 1.807) is 11.3 Å². The minimum atomic E-state index is -0.271. The Morgan fingerprint density at radius 1 is 1.62 bits per heavy atom. The molecule has 0 radical (unpaired) electrons. The highest BCUT2D eigenvalue weighted by atomic mass is 79.9. The lowest BCUT2D eigenvalue weighted by molar-refractivity contribution is -0.0379. The largest absolute Gasteiger partial charge is 0.374 e. The van der Waals surface area contributed by atoms with Gasteiger partial charge in [0.05, 0.1) is 11.6 Å². The first-order chi connectivity index (χ1) is 7.51. The van der Waals surface area contributed by atoms with Crippen LogP contribution >= 0.6 is 27.3 Å². The van der Waals surface area contributed by atoms with E-state index in [2.05, 4.69) is 46.6 Å². The van der Waals surface area contributed by atoms with Gasteiger partial charge in [-0.05, 0) is 48.1 Å². The average molecular weight is 307 g/mol. The summed E-state index contributed by atoms with van der Waals surface area (Å²) < 4.78 is 6.86. The zero-order chi connectivity index (χ0) is 12.2. The van der Waals surface area contributed by atoms with E-state index in [9.17, 15) is 0 Å². The molecule has 16 heavy (non-hydrogen) atoms. The van der Waals surface area contributed by atoms with E-state index in [4.69, 9.17) is 10.6 Å². The summed E-state index contributed by atoms with van der Waals surface area (Å²) in [4.78, 5) is 1.29. The van der Waals surface area contributed by atoms with Gasteiger partial charge in [-0.3, -0.25) is 11.3 Å². The Hall–Kier alpha value is 0.0600. The van der Waals surface area contributed by atoms with E-state index >= 15 is 0 Å². The normalized spacial score (nSPS) is 14.1. The number of hydrogen-bond donors (Lipinski definition) is 2. The first kappa shape index (κ1) is 14.1. The smallest absolute Gasteiger partial charge is 0.0795 e. The molecular formula is C11H19BrN2OS. The lowest BCUT2D eigenvalue weighted by atomic mass is 9.95. The third-order valence-electron chi connectivity index (χ3n) is 2.64. The van der Waals surface area contributed by atoms with Crippen LogP contribution in [0, 0.1) is 0 Å². The van der Waals surface area contributed by atoms with E-state index in [0.717, 1.165) is 10.9 Å². The minimum Gasteiger partial charge on any atom is -0.374 e. The van der Waals surface area contributed by atoms with Gasteiger partial charge in [0.25, 0.3) is 0 Å².